The van der Waals surface area contributed by atoms with Crippen LogP contribution in [0.5, 0.6) is 0 Å². The Hall–Kier alpha value is -1.28. The van der Waals surface area contributed by atoms with Crippen molar-refractivity contribution in [3.8, 4) is 0 Å². The summed E-state index contributed by atoms with van der Waals surface area (Å²) in [4.78, 5) is 0. The highest BCUT2D eigenvalue weighted by molar-refractivity contribution is 7.88. The van der Waals surface area contributed by atoms with E-state index in [9.17, 15) is 8.42 Å². The van der Waals surface area contributed by atoms with Crippen LogP contribution in [0.4, 0.5) is 11.5 Å². The first-order valence-electron chi connectivity index (χ1n) is 6.10. The van der Waals surface area contributed by atoms with Gasteiger partial charge in [-0.3, -0.25) is 4.68 Å². The predicted molar refractivity (Wildman–Crippen MR) is 77.5 cm³/mol. The van der Waals surface area contributed by atoms with Crippen LogP contribution in [0, 0.1) is 0 Å². The molecule has 8 heteroatoms. The zero-order valence-corrected chi connectivity index (χ0v) is 12.9. The molecule has 4 N–H and O–H groups in total. The third-order valence-electron chi connectivity index (χ3n) is 2.65. The number of nitrogen functional groups attached to an aromatic ring is 1. The first kappa shape index (κ1) is 15.8. The van der Waals surface area contributed by atoms with Gasteiger partial charge in [0.2, 0.25) is 10.0 Å². The summed E-state index contributed by atoms with van der Waals surface area (Å²) in [6.45, 7) is 5.99. The largest absolute Gasteiger partial charge is 0.394 e. The maximum atomic E-state index is 11.3. The number of rotatable bonds is 6. The standard InChI is InChI=1S/C11H23N5O2S/c1-6-8-9(12)10(16(4)14-8)13-7-11(2,3)15-19(5,17)18/h13,15H,6-7,12H2,1-5H3. The summed E-state index contributed by atoms with van der Waals surface area (Å²) in [5.74, 6) is 0.709. The second-order valence-electron chi connectivity index (χ2n) is 5.30. The van der Waals surface area contributed by atoms with E-state index in [1.165, 1.54) is 0 Å². The van der Waals surface area contributed by atoms with Crippen molar-refractivity contribution in [3.05, 3.63) is 5.69 Å². The third kappa shape index (κ3) is 4.39. The zero-order chi connectivity index (χ0) is 14.8. The molecule has 0 aliphatic heterocycles. The van der Waals surface area contributed by atoms with E-state index in [4.69, 9.17) is 5.73 Å². The van der Waals surface area contributed by atoms with E-state index >= 15 is 0 Å². The van der Waals surface area contributed by atoms with Crippen molar-refractivity contribution in [2.24, 2.45) is 7.05 Å². The number of aryl methyl sites for hydroxylation is 2. The van der Waals surface area contributed by atoms with Crippen LogP contribution in [0.25, 0.3) is 0 Å². The van der Waals surface area contributed by atoms with Gasteiger partial charge in [0.25, 0.3) is 0 Å². The summed E-state index contributed by atoms with van der Waals surface area (Å²) in [5, 5.41) is 7.44. The molecule has 7 nitrogen and oxygen atoms in total. The number of hydrogen-bond donors (Lipinski definition) is 3. The van der Waals surface area contributed by atoms with Gasteiger partial charge < -0.3 is 11.1 Å². The Kier molecular flexibility index (Phi) is 4.46. The second kappa shape index (κ2) is 5.38. The van der Waals surface area contributed by atoms with Crippen molar-refractivity contribution in [1.29, 1.82) is 0 Å². The molecule has 0 aromatic carbocycles. The molecular weight excluding hydrogens is 266 g/mol. The Morgan fingerprint density at radius 1 is 1.42 bits per heavy atom. The number of nitrogens with two attached hydrogens (primary N) is 1. The van der Waals surface area contributed by atoms with Gasteiger partial charge in [-0.15, -0.1) is 0 Å². The van der Waals surface area contributed by atoms with Gasteiger partial charge in [-0.25, -0.2) is 13.1 Å². The SMILES string of the molecule is CCc1nn(C)c(NCC(C)(C)NS(C)(=O)=O)c1N. The minimum absolute atomic E-state index is 0.410. The molecule has 0 saturated carbocycles. The fraction of sp³-hybridized carbons (Fsp3) is 0.727. The summed E-state index contributed by atoms with van der Waals surface area (Å²) < 4.78 is 26.8. The molecule has 0 saturated heterocycles. The molecule has 0 spiro atoms. The molecule has 0 amide bonds. The summed E-state index contributed by atoms with van der Waals surface area (Å²) >= 11 is 0. The Bertz CT molecular complexity index is 548. The Morgan fingerprint density at radius 3 is 2.42 bits per heavy atom. The van der Waals surface area contributed by atoms with E-state index in [0.29, 0.717) is 18.1 Å². The molecule has 1 rings (SSSR count). The molecule has 1 aromatic rings. The van der Waals surface area contributed by atoms with Gasteiger partial charge in [0.1, 0.15) is 5.82 Å². The Morgan fingerprint density at radius 2 is 2.00 bits per heavy atom. The van der Waals surface area contributed by atoms with E-state index in [-0.39, 0.29) is 0 Å². The van der Waals surface area contributed by atoms with Crippen molar-refractivity contribution in [2.75, 3.05) is 23.9 Å². The van der Waals surface area contributed by atoms with Crippen molar-refractivity contribution >= 4 is 21.5 Å². The molecule has 0 atom stereocenters. The first-order valence-corrected chi connectivity index (χ1v) is 7.99. The minimum atomic E-state index is -3.25. The second-order valence-corrected chi connectivity index (χ2v) is 7.05. The number of hydrogen-bond acceptors (Lipinski definition) is 5. The molecule has 0 aliphatic rings. The molecule has 110 valence electrons. The van der Waals surface area contributed by atoms with Crippen molar-refractivity contribution in [3.63, 3.8) is 0 Å². The lowest BCUT2D eigenvalue weighted by Crippen LogP contribution is -2.48. The van der Waals surface area contributed by atoms with Gasteiger partial charge in [-0.1, -0.05) is 6.92 Å². The lowest BCUT2D eigenvalue weighted by Gasteiger charge is -2.25. The van der Waals surface area contributed by atoms with Crippen LogP contribution in [0.15, 0.2) is 0 Å². The van der Waals surface area contributed by atoms with Gasteiger partial charge in [0.05, 0.1) is 17.6 Å². The summed E-state index contributed by atoms with van der Waals surface area (Å²) in [5.41, 5.74) is 6.82. The molecule has 0 radical (unpaired) electrons. The van der Waals surface area contributed by atoms with Crippen LogP contribution in [-0.2, 0) is 23.5 Å². The lowest BCUT2D eigenvalue weighted by molar-refractivity contribution is 0.475. The maximum absolute atomic E-state index is 11.3. The molecular formula is C11H23N5O2S. The summed E-state index contributed by atoms with van der Waals surface area (Å²) in [6, 6.07) is 0. The normalized spacial score (nSPS) is 12.7. The van der Waals surface area contributed by atoms with Crippen LogP contribution >= 0.6 is 0 Å². The van der Waals surface area contributed by atoms with Gasteiger partial charge in [-0.2, -0.15) is 5.10 Å². The quantitative estimate of drug-likeness (QED) is 0.699. The Labute approximate surface area is 114 Å². The average Bonchev–Trinajstić information content (AvgIpc) is 2.48. The van der Waals surface area contributed by atoms with Crippen molar-refractivity contribution < 1.29 is 8.42 Å². The van der Waals surface area contributed by atoms with E-state index in [1.807, 2.05) is 6.92 Å². The van der Waals surface area contributed by atoms with Crippen LogP contribution in [0.1, 0.15) is 26.5 Å². The number of nitrogens with one attached hydrogen (secondary N) is 2. The molecule has 19 heavy (non-hydrogen) atoms. The highest BCUT2D eigenvalue weighted by atomic mass is 32.2. The fourth-order valence-corrected chi connectivity index (χ4v) is 2.99. The zero-order valence-electron chi connectivity index (χ0n) is 12.1. The van der Waals surface area contributed by atoms with E-state index in [0.717, 1.165) is 18.4 Å². The fourth-order valence-electron chi connectivity index (χ4n) is 1.91. The van der Waals surface area contributed by atoms with Crippen LogP contribution in [0.2, 0.25) is 0 Å². The summed E-state index contributed by atoms with van der Waals surface area (Å²) in [7, 11) is -1.45. The number of sulfonamides is 1. The third-order valence-corrected chi connectivity index (χ3v) is 3.58. The van der Waals surface area contributed by atoms with Crippen LogP contribution in [-0.4, -0.2) is 36.5 Å². The van der Waals surface area contributed by atoms with Gasteiger partial charge in [0, 0.05) is 19.1 Å². The molecule has 1 aromatic heterocycles. The monoisotopic (exact) mass is 289 g/mol. The maximum Gasteiger partial charge on any atom is 0.209 e. The molecule has 1 heterocycles. The topological polar surface area (TPSA) is 102 Å². The highest BCUT2D eigenvalue weighted by Crippen LogP contribution is 2.22. The Balaban J connectivity index is 2.79. The van der Waals surface area contributed by atoms with Crippen LogP contribution in [0.3, 0.4) is 0 Å². The number of nitrogens with zero attached hydrogens (tertiary/aromatic N) is 2. The predicted octanol–water partition coefficient (Wildman–Crippen LogP) is 0.304. The smallest absolute Gasteiger partial charge is 0.209 e. The number of aromatic nitrogens is 2. The molecule has 0 aliphatic carbocycles. The van der Waals surface area contributed by atoms with E-state index in [2.05, 4.69) is 15.1 Å². The molecule has 0 bridgehead atoms. The van der Waals surface area contributed by atoms with Crippen LogP contribution < -0.4 is 15.8 Å². The van der Waals surface area contributed by atoms with E-state index in [1.54, 1.807) is 25.6 Å². The average molecular weight is 289 g/mol. The van der Waals surface area contributed by atoms with Gasteiger partial charge in [0.15, 0.2) is 0 Å². The number of anilines is 2. The van der Waals surface area contributed by atoms with Gasteiger partial charge >= 0.3 is 0 Å². The highest BCUT2D eigenvalue weighted by Gasteiger charge is 2.23. The lowest BCUT2D eigenvalue weighted by atomic mass is 10.1. The minimum Gasteiger partial charge on any atom is -0.394 e. The first-order chi connectivity index (χ1) is 8.56. The van der Waals surface area contributed by atoms with Gasteiger partial charge in [-0.05, 0) is 20.3 Å². The molecule has 0 unspecified atom stereocenters. The van der Waals surface area contributed by atoms with Crippen molar-refractivity contribution in [2.45, 2.75) is 32.7 Å². The molecule has 0 fully saturated rings. The van der Waals surface area contributed by atoms with E-state index < -0.39 is 15.6 Å². The summed E-state index contributed by atoms with van der Waals surface area (Å²) in [6.07, 6.45) is 1.90. The van der Waals surface area contributed by atoms with Crippen molar-refractivity contribution in [1.82, 2.24) is 14.5 Å².